The van der Waals surface area contributed by atoms with E-state index in [9.17, 15) is 4.79 Å². The zero-order valence-corrected chi connectivity index (χ0v) is 15.2. The van der Waals surface area contributed by atoms with Gasteiger partial charge in [-0.05, 0) is 30.2 Å². The lowest BCUT2D eigenvalue weighted by Gasteiger charge is -2.02. The molecule has 0 bridgehead atoms. The number of fused-ring (bicyclic) bond motifs is 4. The van der Waals surface area contributed by atoms with Gasteiger partial charge < -0.3 is 4.42 Å². The van der Waals surface area contributed by atoms with Crippen molar-refractivity contribution in [3.8, 4) is 11.1 Å². The fourth-order valence-corrected chi connectivity index (χ4v) is 3.59. The van der Waals surface area contributed by atoms with Crippen LogP contribution in [-0.2, 0) is 0 Å². The summed E-state index contributed by atoms with van der Waals surface area (Å²) in [5.74, 6) is 0. The highest BCUT2D eigenvalue weighted by Crippen LogP contribution is 2.36. The lowest BCUT2D eigenvalue weighted by molar-refractivity contribution is 0.559. The van der Waals surface area contributed by atoms with Crippen LogP contribution in [0.3, 0.4) is 0 Å². The van der Waals surface area contributed by atoms with Gasteiger partial charge in [0.1, 0.15) is 11.3 Å². The van der Waals surface area contributed by atoms with E-state index in [4.69, 9.17) is 4.42 Å². The van der Waals surface area contributed by atoms with Crippen LogP contribution in [0.15, 0.2) is 98.3 Å². The van der Waals surface area contributed by atoms with E-state index in [-0.39, 0.29) is 0 Å². The summed E-state index contributed by atoms with van der Waals surface area (Å²) < 4.78 is 5.41. The Balaban J connectivity index is 1.63. The number of benzene rings is 3. The average molecular weight is 364 g/mol. The SMILES string of the molecule is C/C(=N/N=C1c2ccccc2-c2ccccc21)c1cc2ccccc2oc1=O. The normalized spacial score (nSPS) is 12.8. The van der Waals surface area contributed by atoms with E-state index in [0.29, 0.717) is 16.9 Å². The minimum absolute atomic E-state index is 0.410. The van der Waals surface area contributed by atoms with Gasteiger partial charge in [-0.2, -0.15) is 5.10 Å². The maximum Gasteiger partial charge on any atom is 0.345 e. The van der Waals surface area contributed by atoms with Crippen molar-refractivity contribution >= 4 is 22.4 Å². The van der Waals surface area contributed by atoms with E-state index in [0.717, 1.165) is 33.4 Å². The molecular formula is C24H16N2O2. The van der Waals surface area contributed by atoms with Crippen LogP contribution in [0.1, 0.15) is 23.6 Å². The molecule has 0 atom stereocenters. The average Bonchev–Trinajstić information content (AvgIpc) is 3.05. The van der Waals surface area contributed by atoms with Gasteiger partial charge in [0.25, 0.3) is 0 Å². The second-order valence-corrected chi connectivity index (χ2v) is 6.71. The Labute approximate surface area is 161 Å². The molecule has 0 saturated heterocycles. The second kappa shape index (κ2) is 6.43. The van der Waals surface area contributed by atoms with Crippen LogP contribution < -0.4 is 5.63 Å². The highest BCUT2D eigenvalue weighted by molar-refractivity contribution is 6.24. The van der Waals surface area contributed by atoms with E-state index < -0.39 is 5.63 Å². The molecule has 1 aromatic heterocycles. The lowest BCUT2D eigenvalue weighted by Crippen LogP contribution is -2.12. The second-order valence-electron chi connectivity index (χ2n) is 6.71. The molecule has 0 unspecified atom stereocenters. The fourth-order valence-electron chi connectivity index (χ4n) is 3.59. The highest BCUT2D eigenvalue weighted by Gasteiger charge is 2.24. The Morgan fingerprint density at radius 2 is 1.36 bits per heavy atom. The van der Waals surface area contributed by atoms with E-state index >= 15 is 0 Å². The number of nitrogens with zero attached hydrogens (tertiary/aromatic N) is 2. The highest BCUT2D eigenvalue weighted by atomic mass is 16.4. The third-order valence-corrected chi connectivity index (χ3v) is 4.99. The van der Waals surface area contributed by atoms with Crippen LogP contribution in [0.25, 0.3) is 22.1 Å². The van der Waals surface area contributed by atoms with E-state index in [1.165, 1.54) is 0 Å². The standard InChI is InChI=1S/C24H16N2O2/c1-15(21-14-16-8-2-7-13-22(16)28-24(21)27)25-26-23-19-11-5-3-9-17(19)18-10-4-6-12-20(18)23/h2-14H,1H3/b25-15-. The summed E-state index contributed by atoms with van der Waals surface area (Å²) in [5, 5.41) is 9.77. The molecule has 0 amide bonds. The number of para-hydroxylation sites is 1. The van der Waals surface area contributed by atoms with Crippen molar-refractivity contribution in [2.24, 2.45) is 10.2 Å². The van der Waals surface area contributed by atoms with Gasteiger partial charge in [0.05, 0.1) is 11.3 Å². The van der Waals surface area contributed by atoms with Crippen LogP contribution in [-0.4, -0.2) is 11.4 Å². The van der Waals surface area contributed by atoms with Gasteiger partial charge in [0.15, 0.2) is 0 Å². The van der Waals surface area contributed by atoms with E-state index in [1.54, 1.807) is 19.1 Å². The van der Waals surface area contributed by atoms with Crippen LogP contribution in [0, 0.1) is 0 Å². The zero-order chi connectivity index (χ0) is 19.1. The van der Waals surface area contributed by atoms with Gasteiger partial charge >= 0.3 is 5.63 Å². The largest absolute Gasteiger partial charge is 0.422 e. The Morgan fingerprint density at radius 1 is 0.786 bits per heavy atom. The molecular weight excluding hydrogens is 348 g/mol. The molecule has 5 rings (SSSR count). The fraction of sp³-hybridized carbons (Fsp3) is 0.0417. The summed E-state index contributed by atoms with van der Waals surface area (Å²) >= 11 is 0. The van der Waals surface area contributed by atoms with Crippen molar-refractivity contribution in [3.05, 3.63) is 106 Å². The van der Waals surface area contributed by atoms with Gasteiger partial charge in [0, 0.05) is 16.5 Å². The Hall–Kier alpha value is -3.79. The monoisotopic (exact) mass is 364 g/mol. The topological polar surface area (TPSA) is 54.9 Å². The zero-order valence-electron chi connectivity index (χ0n) is 15.2. The first-order chi connectivity index (χ1) is 13.7. The number of hydrogen-bond donors (Lipinski definition) is 0. The van der Waals surface area contributed by atoms with Gasteiger partial charge in [-0.3, -0.25) is 0 Å². The molecule has 134 valence electrons. The Morgan fingerprint density at radius 3 is 2.04 bits per heavy atom. The summed E-state index contributed by atoms with van der Waals surface area (Å²) in [5.41, 5.74) is 6.30. The van der Waals surface area contributed by atoms with Gasteiger partial charge in [-0.1, -0.05) is 66.7 Å². The van der Waals surface area contributed by atoms with E-state index in [2.05, 4.69) is 22.3 Å². The maximum absolute atomic E-state index is 12.4. The van der Waals surface area contributed by atoms with Crippen LogP contribution in [0.2, 0.25) is 0 Å². The van der Waals surface area contributed by atoms with Crippen LogP contribution in [0.4, 0.5) is 0 Å². The predicted molar refractivity (Wildman–Crippen MR) is 112 cm³/mol. The molecule has 0 aliphatic heterocycles. The molecule has 1 heterocycles. The molecule has 4 heteroatoms. The minimum Gasteiger partial charge on any atom is -0.422 e. The number of rotatable bonds is 2. The molecule has 0 N–H and O–H groups in total. The molecule has 3 aromatic carbocycles. The third kappa shape index (κ3) is 2.58. The van der Waals surface area contributed by atoms with Crippen molar-refractivity contribution in [2.75, 3.05) is 0 Å². The smallest absolute Gasteiger partial charge is 0.345 e. The first-order valence-corrected chi connectivity index (χ1v) is 9.07. The molecule has 4 aromatic rings. The van der Waals surface area contributed by atoms with Crippen molar-refractivity contribution in [1.82, 2.24) is 0 Å². The number of hydrogen-bond acceptors (Lipinski definition) is 4. The summed E-state index contributed by atoms with van der Waals surface area (Å²) in [6, 6.07) is 25.5. The molecule has 4 nitrogen and oxygen atoms in total. The molecule has 0 spiro atoms. The molecule has 0 radical (unpaired) electrons. The summed E-state index contributed by atoms with van der Waals surface area (Å²) in [6.07, 6.45) is 0. The van der Waals surface area contributed by atoms with Crippen LogP contribution >= 0.6 is 0 Å². The van der Waals surface area contributed by atoms with Crippen molar-refractivity contribution in [1.29, 1.82) is 0 Å². The van der Waals surface area contributed by atoms with Gasteiger partial charge in [0.2, 0.25) is 0 Å². The quantitative estimate of drug-likeness (QED) is 0.250. The first kappa shape index (κ1) is 16.4. The van der Waals surface area contributed by atoms with E-state index in [1.807, 2.05) is 54.6 Å². The maximum atomic E-state index is 12.4. The summed E-state index contributed by atoms with van der Waals surface area (Å²) in [4.78, 5) is 12.4. The molecule has 0 fully saturated rings. The van der Waals surface area contributed by atoms with Gasteiger partial charge in [-0.25, -0.2) is 4.79 Å². The Kier molecular flexibility index (Phi) is 3.76. The Bertz CT molecular complexity index is 1300. The van der Waals surface area contributed by atoms with Gasteiger partial charge in [-0.15, -0.1) is 5.10 Å². The summed E-state index contributed by atoms with van der Waals surface area (Å²) in [6.45, 7) is 1.78. The molecule has 1 aliphatic carbocycles. The molecule has 1 aliphatic rings. The predicted octanol–water partition coefficient (Wildman–Crippen LogP) is 5.04. The molecule has 28 heavy (non-hydrogen) atoms. The van der Waals surface area contributed by atoms with Crippen LogP contribution in [0.5, 0.6) is 0 Å². The van der Waals surface area contributed by atoms with Crippen molar-refractivity contribution in [2.45, 2.75) is 6.92 Å². The lowest BCUT2D eigenvalue weighted by atomic mass is 10.1. The minimum atomic E-state index is -0.410. The first-order valence-electron chi connectivity index (χ1n) is 9.07. The van der Waals surface area contributed by atoms with Crippen molar-refractivity contribution in [3.63, 3.8) is 0 Å². The van der Waals surface area contributed by atoms with Crippen molar-refractivity contribution < 1.29 is 4.42 Å². The molecule has 0 saturated carbocycles. The summed E-state index contributed by atoms with van der Waals surface area (Å²) in [7, 11) is 0. The third-order valence-electron chi connectivity index (χ3n) is 4.99.